The van der Waals surface area contributed by atoms with E-state index in [9.17, 15) is 14.0 Å². The minimum absolute atomic E-state index is 0.0890. The molecular formula is C26H24ClFN6O2. The van der Waals surface area contributed by atoms with Crippen LogP contribution in [0.4, 0.5) is 10.2 Å². The van der Waals surface area contributed by atoms with Gasteiger partial charge in [0.15, 0.2) is 5.69 Å². The number of hydrogen-bond acceptors (Lipinski definition) is 5. The summed E-state index contributed by atoms with van der Waals surface area (Å²) in [5.74, 6) is -1.29. The van der Waals surface area contributed by atoms with Gasteiger partial charge < -0.3 is 16.4 Å². The summed E-state index contributed by atoms with van der Waals surface area (Å²) in [5.41, 5.74) is 6.39. The number of nitrogens with zero attached hydrogens (tertiary/aromatic N) is 3. The normalized spacial score (nSPS) is 11.2. The van der Waals surface area contributed by atoms with Gasteiger partial charge in [-0.25, -0.2) is 9.07 Å². The first-order valence-electron chi connectivity index (χ1n) is 11.1. The first-order chi connectivity index (χ1) is 17.2. The molecule has 4 aromatic rings. The third kappa shape index (κ3) is 5.42. The van der Waals surface area contributed by atoms with E-state index in [4.69, 9.17) is 17.3 Å². The minimum Gasteiger partial charge on any atom is -0.344 e. The molecule has 0 radical (unpaired) electrons. The number of nitrogens with two attached hydrogens (primary N) is 1. The zero-order valence-corrected chi connectivity index (χ0v) is 20.4. The number of carbonyl (C=O) groups is 2. The van der Waals surface area contributed by atoms with Crippen molar-refractivity contribution in [2.24, 2.45) is 5.73 Å². The molecule has 0 unspecified atom stereocenters. The summed E-state index contributed by atoms with van der Waals surface area (Å²) in [6.45, 7) is 3.82. The fourth-order valence-electron chi connectivity index (χ4n) is 3.40. The van der Waals surface area contributed by atoms with Crippen molar-refractivity contribution in [3.05, 3.63) is 95.0 Å². The van der Waals surface area contributed by atoms with Crippen LogP contribution in [0.25, 0.3) is 16.9 Å². The Morgan fingerprint density at radius 1 is 1.06 bits per heavy atom. The summed E-state index contributed by atoms with van der Waals surface area (Å²) in [5, 5.41) is 10.2. The van der Waals surface area contributed by atoms with Crippen molar-refractivity contribution in [3.8, 4) is 16.9 Å². The van der Waals surface area contributed by atoms with E-state index < -0.39 is 23.2 Å². The summed E-state index contributed by atoms with van der Waals surface area (Å²) in [7, 11) is 0. The van der Waals surface area contributed by atoms with Crippen LogP contribution in [0.15, 0.2) is 72.9 Å². The molecule has 8 nitrogen and oxygen atoms in total. The zero-order chi connectivity index (χ0) is 25.9. The van der Waals surface area contributed by atoms with Crippen molar-refractivity contribution < 1.29 is 14.0 Å². The monoisotopic (exact) mass is 506 g/mol. The number of carbonyl (C=O) groups excluding carboxylic acids is 2. The standard InChI is InChI=1S/C26H24ClFN6O2/c1-26(2,15-29)32-25(36)21-14-22(34(33-21)17-7-4-3-5-8-17)31-24(35)18-13-16(10-11-19(18)27)23-20(28)9-6-12-30-23/h3-14H,15,29H2,1-2H3,(H,31,35)(H,32,36). The Labute approximate surface area is 212 Å². The maximum absolute atomic E-state index is 14.3. The number of para-hydroxylation sites is 1. The molecule has 4 rings (SSSR count). The molecular weight excluding hydrogens is 483 g/mol. The summed E-state index contributed by atoms with van der Waals surface area (Å²) >= 11 is 6.31. The molecule has 0 aliphatic rings. The van der Waals surface area contributed by atoms with Crippen molar-refractivity contribution in [1.82, 2.24) is 20.1 Å². The lowest BCUT2D eigenvalue weighted by Gasteiger charge is -2.23. The maximum Gasteiger partial charge on any atom is 0.272 e. The predicted octanol–water partition coefficient (Wildman–Crippen LogP) is 4.45. The van der Waals surface area contributed by atoms with Crippen LogP contribution in [-0.4, -0.2) is 38.7 Å². The molecule has 0 saturated carbocycles. The molecule has 2 heterocycles. The van der Waals surface area contributed by atoms with Gasteiger partial charge >= 0.3 is 0 Å². The van der Waals surface area contributed by atoms with Crippen LogP contribution in [0.2, 0.25) is 5.02 Å². The lowest BCUT2D eigenvalue weighted by atomic mass is 10.1. The van der Waals surface area contributed by atoms with Crippen molar-refractivity contribution in [2.75, 3.05) is 11.9 Å². The van der Waals surface area contributed by atoms with E-state index in [0.29, 0.717) is 11.3 Å². The maximum atomic E-state index is 14.3. The van der Waals surface area contributed by atoms with Gasteiger partial charge in [-0.15, -0.1) is 0 Å². The first kappa shape index (κ1) is 25.0. The van der Waals surface area contributed by atoms with Crippen molar-refractivity contribution in [2.45, 2.75) is 19.4 Å². The molecule has 2 aromatic carbocycles. The van der Waals surface area contributed by atoms with Gasteiger partial charge in [-0.3, -0.25) is 14.6 Å². The Bertz CT molecular complexity index is 1420. The minimum atomic E-state index is -0.647. The molecule has 184 valence electrons. The van der Waals surface area contributed by atoms with Gasteiger partial charge in [0.1, 0.15) is 17.3 Å². The number of nitrogens with one attached hydrogen (secondary N) is 2. The van der Waals surface area contributed by atoms with Gasteiger partial charge in [0.05, 0.1) is 16.3 Å². The number of rotatable bonds is 7. The Morgan fingerprint density at radius 3 is 2.50 bits per heavy atom. The van der Waals surface area contributed by atoms with Crippen LogP contribution in [0, 0.1) is 5.82 Å². The predicted molar refractivity (Wildman–Crippen MR) is 137 cm³/mol. The van der Waals surface area contributed by atoms with Crippen LogP contribution in [-0.2, 0) is 0 Å². The van der Waals surface area contributed by atoms with Gasteiger partial charge in [-0.1, -0.05) is 35.9 Å². The molecule has 0 atom stereocenters. The molecule has 0 bridgehead atoms. The van der Waals surface area contributed by atoms with E-state index in [1.54, 1.807) is 32.0 Å². The van der Waals surface area contributed by atoms with Gasteiger partial charge in [-0.05, 0) is 50.2 Å². The van der Waals surface area contributed by atoms with Crippen molar-refractivity contribution in [1.29, 1.82) is 0 Å². The molecule has 36 heavy (non-hydrogen) atoms. The molecule has 2 amide bonds. The summed E-state index contributed by atoms with van der Waals surface area (Å²) < 4.78 is 15.7. The number of halogens is 2. The Hall–Kier alpha value is -4.08. The van der Waals surface area contributed by atoms with E-state index in [0.717, 1.165) is 0 Å². The fraction of sp³-hybridized carbons (Fsp3) is 0.154. The second-order valence-corrected chi connectivity index (χ2v) is 9.09. The summed E-state index contributed by atoms with van der Waals surface area (Å²) in [6.07, 6.45) is 1.46. The molecule has 0 aliphatic carbocycles. The number of hydrogen-bond donors (Lipinski definition) is 3. The Morgan fingerprint density at radius 2 is 1.81 bits per heavy atom. The smallest absolute Gasteiger partial charge is 0.272 e. The number of benzene rings is 2. The van der Waals surface area contributed by atoms with Crippen LogP contribution in [0.3, 0.4) is 0 Å². The van der Waals surface area contributed by atoms with Crippen molar-refractivity contribution in [3.63, 3.8) is 0 Å². The second-order valence-electron chi connectivity index (χ2n) is 8.69. The van der Waals surface area contributed by atoms with E-state index in [-0.39, 0.29) is 34.3 Å². The zero-order valence-electron chi connectivity index (χ0n) is 19.6. The van der Waals surface area contributed by atoms with Crippen LogP contribution in [0.5, 0.6) is 0 Å². The topological polar surface area (TPSA) is 115 Å². The molecule has 4 N–H and O–H groups in total. The van der Waals surface area contributed by atoms with Crippen LogP contribution in [0.1, 0.15) is 34.7 Å². The average Bonchev–Trinajstić information content (AvgIpc) is 3.29. The SMILES string of the molecule is CC(C)(CN)NC(=O)c1cc(NC(=O)c2cc(-c3ncccc3F)ccc2Cl)n(-c2ccccc2)n1. The molecule has 0 fully saturated rings. The lowest BCUT2D eigenvalue weighted by Crippen LogP contribution is -2.48. The largest absolute Gasteiger partial charge is 0.344 e. The highest BCUT2D eigenvalue weighted by Crippen LogP contribution is 2.27. The van der Waals surface area contributed by atoms with Gasteiger partial charge in [0.2, 0.25) is 0 Å². The lowest BCUT2D eigenvalue weighted by molar-refractivity contribution is 0.0909. The fourth-order valence-corrected chi connectivity index (χ4v) is 3.60. The third-order valence-corrected chi connectivity index (χ3v) is 5.72. The molecule has 10 heteroatoms. The molecule has 0 spiro atoms. The Balaban J connectivity index is 1.70. The number of aromatic nitrogens is 3. The van der Waals surface area contributed by atoms with E-state index >= 15 is 0 Å². The quantitative estimate of drug-likeness (QED) is 0.342. The van der Waals surface area contributed by atoms with Crippen LogP contribution < -0.4 is 16.4 Å². The highest BCUT2D eigenvalue weighted by molar-refractivity contribution is 6.34. The number of anilines is 1. The van der Waals surface area contributed by atoms with Crippen LogP contribution >= 0.6 is 11.6 Å². The number of pyridine rings is 1. The van der Waals surface area contributed by atoms with Gasteiger partial charge in [-0.2, -0.15) is 5.10 Å². The van der Waals surface area contributed by atoms with E-state index in [2.05, 4.69) is 20.7 Å². The van der Waals surface area contributed by atoms with Gasteiger partial charge in [0, 0.05) is 29.9 Å². The average molecular weight is 507 g/mol. The third-order valence-electron chi connectivity index (χ3n) is 5.39. The highest BCUT2D eigenvalue weighted by Gasteiger charge is 2.24. The summed E-state index contributed by atoms with van der Waals surface area (Å²) in [4.78, 5) is 30.2. The highest BCUT2D eigenvalue weighted by atomic mass is 35.5. The second kappa shape index (κ2) is 10.3. The summed E-state index contributed by atoms with van der Waals surface area (Å²) in [6, 6.07) is 17.8. The molecule has 0 aliphatic heterocycles. The van der Waals surface area contributed by atoms with E-state index in [1.165, 1.54) is 41.2 Å². The van der Waals surface area contributed by atoms with Crippen molar-refractivity contribution >= 4 is 29.2 Å². The molecule has 0 saturated heterocycles. The first-order valence-corrected chi connectivity index (χ1v) is 11.5. The van der Waals surface area contributed by atoms with E-state index in [1.807, 2.05) is 18.2 Å². The molecule has 2 aromatic heterocycles. The van der Waals surface area contributed by atoms with Gasteiger partial charge in [0.25, 0.3) is 11.8 Å². The number of amides is 2. The Kier molecular flexibility index (Phi) is 7.14.